The Kier molecular flexibility index (Phi) is 7.94. The average Bonchev–Trinajstić information content (AvgIpc) is 3.43. The molecule has 2 N–H and O–H groups in total. The van der Waals surface area contributed by atoms with Crippen molar-refractivity contribution in [3.05, 3.63) is 47.8 Å². The first kappa shape index (κ1) is 21.5. The van der Waals surface area contributed by atoms with Gasteiger partial charge in [0.2, 0.25) is 0 Å². The molecule has 3 rings (SSSR count). The summed E-state index contributed by atoms with van der Waals surface area (Å²) in [6.07, 6.45) is 4.26. The van der Waals surface area contributed by atoms with Crippen LogP contribution in [0.4, 0.5) is 0 Å². The summed E-state index contributed by atoms with van der Waals surface area (Å²) >= 11 is 0. The summed E-state index contributed by atoms with van der Waals surface area (Å²) in [5, 5.41) is 18.7. The van der Waals surface area contributed by atoms with Gasteiger partial charge < -0.3 is 19.7 Å². The van der Waals surface area contributed by atoms with Crippen molar-refractivity contribution < 1.29 is 4.52 Å². The molecule has 0 bridgehead atoms. The Morgan fingerprint density at radius 2 is 1.93 bits per heavy atom. The van der Waals surface area contributed by atoms with Gasteiger partial charge in [0.25, 0.3) is 5.89 Å². The normalized spacial score (nSPS) is 11.6. The number of nitrogens with one attached hydrogen (secondary N) is 2. The second-order valence-electron chi connectivity index (χ2n) is 6.80. The topological polar surface area (TPSA) is 106 Å². The molecule has 2 heterocycles. The van der Waals surface area contributed by atoms with Crippen LogP contribution in [-0.4, -0.2) is 50.5 Å². The number of aromatic nitrogens is 5. The van der Waals surface area contributed by atoms with E-state index in [1.54, 1.807) is 6.33 Å². The van der Waals surface area contributed by atoms with Crippen molar-refractivity contribution in [2.45, 2.75) is 46.6 Å². The second kappa shape index (κ2) is 11.1. The summed E-state index contributed by atoms with van der Waals surface area (Å²) in [4.78, 5) is 9.04. The number of rotatable bonds is 10. The van der Waals surface area contributed by atoms with Gasteiger partial charge in [0.15, 0.2) is 11.8 Å². The number of nitrogens with zero attached hydrogens (tertiary/aromatic N) is 6. The van der Waals surface area contributed by atoms with Crippen LogP contribution in [0.15, 0.2) is 40.1 Å². The van der Waals surface area contributed by atoms with Crippen molar-refractivity contribution in [1.29, 1.82) is 0 Å². The molecule has 0 atom stereocenters. The van der Waals surface area contributed by atoms with Crippen molar-refractivity contribution in [2.24, 2.45) is 4.99 Å². The van der Waals surface area contributed by atoms with Crippen molar-refractivity contribution in [2.75, 3.05) is 19.6 Å². The van der Waals surface area contributed by atoms with E-state index in [9.17, 15) is 0 Å². The molecule has 0 aliphatic carbocycles. The Morgan fingerprint density at radius 1 is 1.10 bits per heavy atom. The summed E-state index contributed by atoms with van der Waals surface area (Å²) in [7, 11) is 0. The number of guanidine groups is 1. The highest BCUT2D eigenvalue weighted by Crippen LogP contribution is 2.18. The van der Waals surface area contributed by atoms with E-state index >= 15 is 0 Å². The number of hydrogen-bond donors (Lipinski definition) is 2. The monoisotopic (exact) mass is 410 g/mol. The van der Waals surface area contributed by atoms with Crippen molar-refractivity contribution in [3.63, 3.8) is 0 Å². The first-order valence-corrected chi connectivity index (χ1v) is 10.5. The molecular formula is C21H30N8O. The molecule has 0 spiro atoms. The maximum absolute atomic E-state index is 5.29. The highest BCUT2D eigenvalue weighted by atomic mass is 16.5. The van der Waals surface area contributed by atoms with Crippen LogP contribution in [0, 0.1) is 0 Å². The molecule has 30 heavy (non-hydrogen) atoms. The largest absolute Gasteiger partial charge is 0.357 e. The Morgan fingerprint density at radius 3 is 2.63 bits per heavy atom. The Labute approximate surface area is 177 Å². The molecule has 9 nitrogen and oxygen atoms in total. The van der Waals surface area contributed by atoms with Gasteiger partial charge in [-0.05, 0) is 31.0 Å². The number of hydrogen-bond acceptors (Lipinski definition) is 6. The first-order chi connectivity index (χ1) is 14.7. The molecule has 160 valence electrons. The molecule has 0 saturated carbocycles. The summed E-state index contributed by atoms with van der Waals surface area (Å²) in [5.74, 6) is 3.10. The van der Waals surface area contributed by atoms with Crippen LogP contribution in [-0.2, 0) is 25.8 Å². The van der Waals surface area contributed by atoms with Gasteiger partial charge in [-0.1, -0.05) is 31.1 Å². The molecule has 0 fully saturated rings. The Hall–Kier alpha value is -3.23. The highest BCUT2D eigenvalue weighted by Gasteiger charge is 2.07. The molecule has 2 aromatic heterocycles. The zero-order valence-electron chi connectivity index (χ0n) is 17.9. The fraction of sp³-hybridized carbons (Fsp3) is 0.476. The third kappa shape index (κ3) is 5.88. The van der Waals surface area contributed by atoms with Gasteiger partial charge in [0, 0.05) is 44.6 Å². The average molecular weight is 411 g/mol. The van der Waals surface area contributed by atoms with E-state index < -0.39 is 0 Å². The summed E-state index contributed by atoms with van der Waals surface area (Å²) in [6, 6.07) is 8.19. The van der Waals surface area contributed by atoms with Gasteiger partial charge in [0.05, 0.1) is 0 Å². The van der Waals surface area contributed by atoms with Crippen LogP contribution in [0.25, 0.3) is 11.5 Å². The minimum Gasteiger partial charge on any atom is -0.357 e. The van der Waals surface area contributed by atoms with E-state index in [4.69, 9.17) is 4.52 Å². The standard InChI is InChI=1S/C21H30N8O/c1-4-18-26-20(30-28-18)17-9-7-16(8-10-17)11-12-23-21(22-6-3)24-13-14-29-15-25-27-19(29)5-2/h7-10,15H,4-6,11-14H2,1-3H3,(H2,22,23,24). The fourth-order valence-corrected chi connectivity index (χ4v) is 3.00. The molecule has 3 aromatic rings. The quantitative estimate of drug-likeness (QED) is 0.390. The van der Waals surface area contributed by atoms with Crippen LogP contribution in [0.2, 0.25) is 0 Å². The fourth-order valence-electron chi connectivity index (χ4n) is 3.00. The lowest BCUT2D eigenvalue weighted by Crippen LogP contribution is -2.39. The lowest BCUT2D eigenvalue weighted by atomic mass is 10.1. The molecule has 9 heteroatoms. The van der Waals surface area contributed by atoms with E-state index in [2.05, 4.69) is 66.5 Å². The summed E-state index contributed by atoms with van der Waals surface area (Å²) in [6.45, 7) is 9.22. The Bertz CT molecular complexity index is 929. The third-order valence-corrected chi connectivity index (χ3v) is 4.66. The van der Waals surface area contributed by atoms with E-state index in [0.29, 0.717) is 12.4 Å². The van der Waals surface area contributed by atoms with Crippen LogP contribution < -0.4 is 10.6 Å². The molecule has 0 aliphatic heterocycles. The molecule has 0 radical (unpaired) electrons. The summed E-state index contributed by atoms with van der Waals surface area (Å²) in [5.41, 5.74) is 2.15. The minimum absolute atomic E-state index is 0.564. The lowest BCUT2D eigenvalue weighted by molar-refractivity contribution is 0.423. The lowest BCUT2D eigenvalue weighted by Gasteiger charge is -2.12. The minimum atomic E-state index is 0.564. The van der Waals surface area contributed by atoms with Gasteiger partial charge in [-0.3, -0.25) is 4.99 Å². The maximum atomic E-state index is 5.29. The highest BCUT2D eigenvalue weighted by molar-refractivity contribution is 5.79. The van der Waals surface area contributed by atoms with Gasteiger partial charge in [-0.25, -0.2) is 0 Å². The number of aryl methyl sites for hydroxylation is 2. The van der Waals surface area contributed by atoms with E-state index in [-0.39, 0.29) is 0 Å². The summed E-state index contributed by atoms with van der Waals surface area (Å²) < 4.78 is 7.35. The predicted molar refractivity (Wildman–Crippen MR) is 116 cm³/mol. The van der Waals surface area contributed by atoms with Crippen molar-refractivity contribution in [3.8, 4) is 11.5 Å². The number of benzene rings is 1. The zero-order chi connectivity index (χ0) is 21.2. The van der Waals surface area contributed by atoms with Crippen molar-refractivity contribution in [1.82, 2.24) is 35.5 Å². The molecule has 1 aromatic carbocycles. The third-order valence-electron chi connectivity index (χ3n) is 4.66. The first-order valence-electron chi connectivity index (χ1n) is 10.5. The molecule has 0 saturated heterocycles. The van der Waals surface area contributed by atoms with Gasteiger partial charge in [0.1, 0.15) is 12.2 Å². The molecule has 0 amide bonds. The van der Waals surface area contributed by atoms with E-state index in [1.165, 1.54) is 5.56 Å². The SMILES string of the molecule is CCNC(=NCCc1ccc(-c2nc(CC)no2)cc1)NCCn1cnnc1CC. The smallest absolute Gasteiger partial charge is 0.257 e. The predicted octanol–water partition coefficient (Wildman–Crippen LogP) is 2.25. The maximum Gasteiger partial charge on any atom is 0.257 e. The number of aliphatic imine (C=N–C) groups is 1. The van der Waals surface area contributed by atoms with Gasteiger partial charge in [-0.15, -0.1) is 10.2 Å². The molecular weight excluding hydrogens is 380 g/mol. The van der Waals surface area contributed by atoms with Gasteiger partial charge in [-0.2, -0.15) is 4.98 Å². The molecule has 0 aliphatic rings. The van der Waals surface area contributed by atoms with Crippen LogP contribution in [0.1, 0.15) is 38.0 Å². The molecule has 0 unspecified atom stereocenters. The van der Waals surface area contributed by atoms with Crippen LogP contribution in [0.5, 0.6) is 0 Å². The van der Waals surface area contributed by atoms with Crippen LogP contribution >= 0.6 is 0 Å². The Balaban J connectivity index is 1.49. The second-order valence-corrected chi connectivity index (χ2v) is 6.80. The van der Waals surface area contributed by atoms with Crippen molar-refractivity contribution >= 4 is 5.96 Å². The van der Waals surface area contributed by atoms with Gasteiger partial charge >= 0.3 is 0 Å². The van der Waals surface area contributed by atoms with E-state index in [1.807, 2.05) is 19.1 Å². The zero-order valence-corrected chi connectivity index (χ0v) is 17.9. The van der Waals surface area contributed by atoms with E-state index in [0.717, 1.165) is 62.1 Å². The van der Waals surface area contributed by atoms with Crippen LogP contribution in [0.3, 0.4) is 0 Å².